The molecule has 1 unspecified atom stereocenters. The van der Waals surface area contributed by atoms with Crippen LogP contribution in [-0.4, -0.2) is 51.4 Å². The largest absolute Gasteiger partial charge is 0.497 e. The molecule has 160 valence electrons. The van der Waals surface area contributed by atoms with Crippen LogP contribution in [0.1, 0.15) is 45.6 Å². The van der Waals surface area contributed by atoms with Crippen molar-refractivity contribution in [3.05, 3.63) is 29.8 Å². The predicted molar refractivity (Wildman–Crippen MR) is 125 cm³/mol. The number of benzene rings is 1. The maximum absolute atomic E-state index is 11.6. The number of carbonyl (C=O) groups excluding carboxylic acids is 1. The molecule has 7 nitrogen and oxygen atoms in total. The second kappa shape index (κ2) is 13.5. The Kier molecular flexibility index (Phi) is 12.6. The Morgan fingerprint density at radius 1 is 1.07 bits per heavy atom. The molecule has 1 atom stereocenters. The lowest BCUT2D eigenvalue weighted by molar-refractivity contribution is 0.0529. The van der Waals surface area contributed by atoms with Crippen molar-refractivity contribution in [2.75, 3.05) is 33.8 Å². The van der Waals surface area contributed by atoms with Gasteiger partial charge in [0.15, 0.2) is 5.96 Å². The average Bonchev–Trinajstić information content (AvgIpc) is 2.62. The minimum absolute atomic E-state index is 0. The molecule has 0 saturated carbocycles. The summed E-state index contributed by atoms with van der Waals surface area (Å²) in [7, 11) is 3.40. The molecule has 0 fully saturated rings. The van der Waals surface area contributed by atoms with Crippen LogP contribution in [-0.2, 0) is 4.74 Å². The van der Waals surface area contributed by atoms with Gasteiger partial charge in [0.05, 0.1) is 7.11 Å². The quantitative estimate of drug-likeness (QED) is 0.218. The number of nitrogens with zero attached hydrogens (tertiary/aromatic N) is 1. The van der Waals surface area contributed by atoms with E-state index in [0.29, 0.717) is 25.0 Å². The zero-order valence-electron chi connectivity index (χ0n) is 17.8. The standard InChI is InChI=1S/C20H34N4O3.HI/c1-15(16-7-9-17(26-6)10-8-16)11-12-22-18(21-5)23-13-14-24-19(25)27-20(2,3)4;/h7-10,15H,11-14H2,1-6H3,(H,24,25)(H2,21,22,23);1H. The van der Waals surface area contributed by atoms with Crippen molar-refractivity contribution in [1.29, 1.82) is 0 Å². The van der Waals surface area contributed by atoms with E-state index in [1.807, 2.05) is 32.9 Å². The predicted octanol–water partition coefficient (Wildman–Crippen LogP) is 3.50. The third-order valence-electron chi connectivity index (χ3n) is 3.86. The van der Waals surface area contributed by atoms with Crippen LogP contribution in [0.3, 0.4) is 0 Å². The summed E-state index contributed by atoms with van der Waals surface area (Å²) in [6.07, 6.45) is 0.559. The van der Waals surface area contributed by atoms with Crippen LogP contribution in [0.25, 0.3) is 0 Å². The third-order valence-corrected chi connectivity index (χ3v) is 3.86. The summed E-state index contributed by atoms with van der Waals surface area (Å²) in [5, 5.41) is 9.16. The zero-order valence-corrected chi connectivity index (χ0v) is 20.1. The maximum Gasteiger partial charge on any atom is 0.407 e. The van der Waals surface area contributed by atoms with E-state index in [0.717, 1.165) is 18.7 Å². The third kappa shape index (κ3) is 11.2. The maximum atomic E-state index is 11.6. The lowest BCUT2D eigenvalue weighted by atomic mass is 9.98. The van der Waals surface area contributed by atoms with Gasteiger partial charge in [-0.3, -0.25) is 4.99 Å². The molecule has 0 saturated heterocycles. The summed E-state index contributed by atoms with van der Waals surface area (Å²) in [5.41, 5.74) is 0.789. The number of hydrogen-bond donors (Lipinski definition) is 3. The molecule has 0 aliphatic heterocycles. The fourth-order valence-corrected chi connectivity index (χ4v) is 2.39. The number of guanidine groups is 1. The van der Waals surface area contributed by atoms with Crippen molar-refractivity contribution in [3.8, 4) is 5.75 Å². The summed E-state index contributed by atoms with van der Waals surface area (Å²) in [5.74, 6) is 2.01. The SMILES string of the molecule is CN=C(NCCNC(=O)OC(C)(C)C)NCCC(C)c1ccc(OC)cc1.I. The van der Waals surface area contributed by atoms with Crippen molar-refractivity contribution in [1.82, 2.24) is 16.0 Å². The molecule has 0 aliphatic rings. The van der Waals surface area contributed by atoms with Gasteiger partial charge in [-0.05, 0) is 50.8 Å². The van der Waals surface area contributed by atoms with Gasteiger partial charge in [-0.15, -0.1) is 24.0 Å². The number of alkyl carbamates (subject to hydrolysis) is 1. The molecule has 3 N–H and O–H groups in total. The fraction of sp³-hybridized carbons (Fsp3) is 0.600. The molecule has 28 heavy (non-hydrogen) atoms. The van der Waals surface area contributed by atoms with Gasteiger partial charge in [0, 0.05) is 26.7 Å². The lowest BCUT2D eigenvalue weighted by Crippen LogP contribution is -2.42. The molecule has 0 aromatic heterocycles. The Bertz CT molecular complexity index is 600. The molecule has 1 aromatic rings. The highest BCUT2D eigenvalue weighted by Gasteiger charge is 2.15. The summed E-state index contributed by atoms with van der Waals surface area (Å²) >= 11 is 0. The highest BCUT2D eigenvalue weighted by molar-refractivity contribution is 14.0. The number of ether oxygens (including phenoxy) is 2. The molecular formula is C20H35IN4O3. The van der Waals surface area contributed by atoms with Crippen LogP contribution >= 0.6 is 24.0 Å². The van der Waals surface area contributed by atoms with Crippen LogP contribution in [0, 0.1) is 0 Å². The number of carbonyl (C=O) groups is 1. The van der Waals surface area contributed by atoms with E-state index < -0.39 is 11.7 Å². The number of methoxy groups -OCH3 is 1. The van der Waals surface area contributed by atoms with E-state index in [9.17, 15) is 4.79 Å². The molecule has 0 radical (unpaired) electrons. The monoisotopic (exact) mass is 506 g/mol. The molecule has 0 heterocycles. The molecular weight excluding hydrogens is 471 g/mol. The molecule has 0 aliphatic carbocycles. The van der Waals surface area contributed by atoms with Crippen molar-refractivity contribution in [2.45, 2.75) is 45.6 Å². The second-order valence-corrected chi connectivity index (χ2v) is 7.32. The Hall–Kier alpha value is -1.71. The highest BCUT2D eigenvalue weighted by Crippen LogP contribution is 2.21. The van der Waals surface area contributed by atoms with Gasteiger partial charge >= 0.3 is 6.09 Å². The highest BCUT2D eigenvalue weighted by atomic mass is 127. The smallest absolute Gasteiger partial charge is 0.407 e. The molecule has 8 heteroatoms. The van der Waals surface area contributed by atoms with E-state index in [1.54, 1.807) is 14.2 Å². The second-order valence-electron chi connectivity index (χ2n) is 7.32. The van der Waals surface area contributed by atoms with E-state index in [1.165, 1.54) is 5.56 Å². The van der Waals surface area contributed by atoms with Gasteiger partial charge in [0.25, 0.3) is 0 Å². The number of aliphatic imine (C=N–C) groups is 1. The number of nitrogens with one attached hydrogen (secondary N) is 3. The molecule has 1 rings (SSSR count). The normalized spacial score (nSPS) is 12.4. The first-order valence-electron chi connectivity index (χ1n) is 9.30. The van der Waals surface area contributed by atoms with Crippen molar-refractivity contribution in [2.24, 2.45) is 4.99 Å². The van der Waals surface area contributed by atoms with Crippen LogP contribution in [0.15, 0.2) is 29.3 Å². The molecule has 0 spiro atoms. The Balaban J connectivity index is 0.00000729. The van der Waals surface area contributed by atoms with Gasteiger partial charge in [0.2, 0.25) is 0 Å². The molecule has 0 bridgehead atoms. The zero-order chi connectivity index (χ0) is 20.3. The van der Waals surface area contributed by atoms with Gasteiger partial charge in [-0.1, -0.05) is 19.1 Å². The summed E-state index contributed by atoms with van der Waals surface area (Å²) in [6, 6.07) is 8.16. The first-order chi connectivity index (χ1) is 12.7. The molecule has 1 amide bonds. The lowest BCUT2D eigenvalue weighted by Gasteiger charge is -2.20. The van der Waals surface area contributed by atoms with Crippen molar-refractivity contribution < 1.29 is 14.3 Å². The summed E-state index contributed by atoms with van der Waals surface area (Å²) in [6.45, 7) is 9.53. The Morgan fingerprint density at radius 3 is 2.18 bits per heavy atom. The van der Waals surface area contributed by atoms with Crippen LogP contribution < -0.4 is 20.7 Å². The van der Waals surface area contributed by atoms with E-state index in [-0.39, 0.29) is 24.0 Å². The van der Waals surface area contributed by atoms with Gasteiger partial charge < -0.3 is 25.4 Å². The number of hydrogen-bond acceptors (Lipinski definition) is 4. The number of rotatable bonds is 8. The first kappa shape index (κ1) is 26.3. The minimum atomic E-state index is -0.490. The van der Waals surface area contributed by atoms with Gasteiger partial charge in [-0.25, -0.2) is 4.79 Å². The minimum Gasteiger partial charge on any atom is -0.497 e. The van der Waals surface area contributed by atoms with Crippen LogP contribution in [0.2, 0.25) is 0 Å². The summed E-state index contributed by atoms with van der Waals surface area (Å²) in [4.78, 5) is 15.8. The topological polar surface area (TPSA) is 84.0 Å². The number of halogens is 1. The first-order valence-corrected chi connectivity index (χ1v) is 9.30. The van der Waals surface area contributed by atoms with E-state index in [2.05, 4.69) is 40.0 Å². The Morgan fingerprint density at radius 2 is 1.64 bits per heavy atom. The Labute approximate surface area is 186 Å². The van der Waals surface area contributed by atoms with Crippen LogP contribution in [0.5, 0.6) is 5.75 Å². The van der Waals surface area contributed by atoms with Crippen LogP contribution in [0.4, 0.5) is 4.79 Å². The van der Waals surface area contributed by atoms with E-state index >= 15 is 0 Å². The fourth-order valence-electron chi connectivity index (χ4n) is 2.39. The van der Waals surface area contributed by atoms with Crippen molar-refractivity contribution >= 4 is 36.0 Å². The molecule has 1 aromatic carbocycles. The van der Waals surface area contributed by atoms with Gasteiger partial charge in [-0.2, -0.15) is 0 Å². The van der Waals surface area contributed by atoms with E-state index in [4.69, 9.17) is 9.47 Å². The number of amides is 1. The van der Waals surface area contributed by atoms with Crippen molar-refractivity contribution in [3.63, 3.8) is 0 Å². The average molecular weight is 506 g/mol. The summed E-state index contributed by atoms with van der Waals surface area (Å²) < 4.78 is 10.4. The van der Waals surface area contributed by atoms with Gasteiger partial charge in [0.1, 0.15) is 11.4 Å².